The fourth-order valence-electron chi connectivity index (χ4n) is 10.4. The van der Waals surface area contributed by atoms with Gasteiger partial charge in [-0.25, -0.2) is 0 Å². The predicted octanol–water partition coefficient (Wildman–Crippen LogP) is 6.14. The highest BCUT2D eigenvalue weighted by Gasteiger charge is 2.67. The summed E-state index contributed by atoms with van der Waals surface area (Å²) in [5.41, 5.74) is -0.130. The fourth-order valence-corrected chi connectivity index (χ4v) is 10.4. The zero-order chi connectivity index (χ0) is 32.0. The van der Waals surface area contributed by atoms with Crippen molar-refractivity contribution in [1.82, 2.24) is 0 Å². The Balaban J connectivity index is 1.46. The number of hydrogen-bond acceptors (Lipinski definition) is 8. The average Bonchev–Trinajstić information content (AvgIpc) is 3.31. The van der Waals surface area contributed by atoms with E-state index in [1.165, 1.54) is 20.8 Å². The molecule has 4 aliphatic carbocycles. The first-order chi connectivity index (χ1) is 20.7. The molecule has 4 saturated carbocycles. The maximum Gasteiger partial charge on any atom is 0.302 e. The van der Waals surface area contributed by atoms with E-state index in [9.17, 15) is 24.0 Å². The number of carbonyl (C=O) groups is 5. The van der Waals surface area contributed by atoms with Gasteiger partial charge in [0.2, 0.25) is 11.6 Å². The Kier molecular flexibility index (Phi) is 9.12. The van der Waals surface area contributed by atoms with E-state index in [1.54, 1.807) is 24.3 Å². The number of ether oxygens (including phenoxy) is 3. The molecule has 8 heteroatoms. The third-order valence-corrected chi connectivity index (χ3v) is 12.2. The monoisotopic (exact) mass is 608 g/mol. The summed E-state index contributed by atoms with van der Waals surface area (Å²) in [4.78, 5) is 63.0. The summed E-state index contributed by atoms with van der Waals surface area (Å²) in [6.07, 6.45) is 4.82. The molecule has 0 aliphatic heterocycles. The molecular weight excluding hydrogens is 560 g/mol. The molecule has 0 radical (unpaired) electrons. The number of fused-ring (bicyclic) bond motifs is 5. The van der Waals surface area contributed by atoms with E-state index >= 15 is 0 Å². The summed E-state index contributed by atoms with van der Waals surface area (Å²) in [5.74, 6) is -1.27. The molecule has 0 saturated heterocycles. The average molecular weight is 609 g/mol. The lowest BCUT2D eigenvalue weighted by molar-refractivity contribution is -0.224. The van der Waals surface area contributed by atoms with Crippen LogP contribution in [0.25, 0.3) is 0 Å². The second kappa shape index (κ2) is 12.4. The highest BCUT2D eigenvalue weighted by atomic mass is 16.6. The van der Waals surface area contributed by atoms with Gasteiger partial charge in [-0.3, -0.25) is 24.0 Å². The van der Waals surface area contributed by atoms with Crippen molar-refractivity contribution in [3.63, 3.8) is 0 Å². The summed E-state index contributed by atoms with van der Waals surface area (Å²) < 4.78 is 18.0. The zero-order valence-corrected chi connectivity index (χ0v) is 27.0. The van der Waals surface area contributed by atoms with E-state index in [2.05, 4.69) is 13.8 Å². The third kappa shape index (κ3) is 5.85. The number of Topliss-reactive ketones (excluding diaryl/α,β-unsaturated/α-hetero) is 2. The number of hydrogen-bond donors (Lipinski definition) is 0. The molecule has 8 nitrogen and oxygen atoms in total. The van der Waals surface area contributed by atoms with Crippen molar-refractivity contribution < 1.29 is 38.2 Å². The molecule has 1 aromatic rings. The van der Waals surface area contributed by atoms with Gasteiger partial charge in [-0.2, -0.15) is 0 Å². The largest absolute Gasteiger partial charge is 0.463 e. The van der Waals surface area contributed by atoms with Crippen LogP contribution in [0.4, 0.5) is 0 Å². The molecule has 44 heavy (non-hydrogen) atoms. The standard InChI is InChI=1S/C36H48O8/c1-20(16-30(40)34(41)24-10-8-7-9-11-24)27-12-13-28-33-29(19-32(36(27,28)6)44-23(4)39)35(5)15-14-26(42-21(2)37)17-25(35)18-31(33)43-22(3)38/h7-11,20,25-29,31-33H,12-19H2,1-6H3. The topological polar surface area (TPSA) is 113 Å². The van der Waals surface area contributed by atoms with Crippen LogP contribution in [-0.2, 0) is 33.4 Å². The Morgan fingerprint density at radius 2 is 1.48 bits per heavy atom. The van der Waals surface area contributed by atoms with E-state index in [-0.39, 0.29) is 83.6 Å². The maximum atomic E-state index is 13.2. The summed E-state index contributed by atoms with van der Waals surface area (Å²) in [6, 6.07) is 8.67. The number of benzene rings is 1. The second-order valence-corrected chi connectivity index (χ2v) is 14.6. The van der Waals surface area contributed by atoms with E-state index < -0.39 is 17.0 Å². The maximum absolute atomic E-state index is 13.2. The zero-order valence-electron chi connectivity index (χ0n) is 27.0. The van der Waals surface area contributed by atoms with Gasteiger partial charge in [-0.1, -0.05) is 51.1 Å². The van der Waals surface area contributed by atoms with Gasteiger partial charge in [0, 0.05) is 44.1 Å². The molecule has 1 aromatic carbocycles. The molecule has 4 aliphatic rings. The van der Waals surface area contributed by atoms with Crippen molar-refractivity contribution in [2.45, 2.75) is 111 Å². The highest BCUT2D eigenvalue weighted by molar-refractivity contribution is 6.43. The van der Waals surface area contributed by atoms with E-state index in [0.29, 0.717) is 18.4 Å². The van der Waals surface area contributed by atoms with Crippen molar-refractivity contribution in [3.05, 3.63) is 35.9 Å². The van der Waals surface area contributed by atoms with Crippen LogP contribution >= 0.6 is 0 Å². The van der Waals surface area contributed by atoms with Crippen LogP contribution in [0.5, 0.6) is 0 Å². The van der Waals surface area contributed by atoms with Crippen LogP contribution in [0.2, 0.25) is 0 Å². The number of ketones is 2. The van der Waals surface area contributed by atoms with Crippen molar-refractivity contribution in [3.8, 4) is 0 Å². The molecule has 4 fully saturated rings. The van der Waals surface area contributed by atoms with Crippen molar-refractivity contribution in [1.29, 1.82) is 0 Å². The highest BCUT2D eigenvalue weighted by Crippen LogP contribution is 2.69. The second-order valence-electron chi connectivity index (χ2n) is 14.6. The Morgan fingerprint density at radius 3 is 2.11 bits per heavy atom. The SMILES string of the molecule is CC(=O)OC1CCC2(C)C(C1)CC(OC(C)=O)C1C2CC(OC(C)=O)C2(C)C(C(C)CC(=O)C(=O)c3ccccc3)CCC12. The smallest absolute Gasteiger partial charge is 0.302 e. The van der Waals surface area contributed by atoms with Crippen LogP contribution in [0.1, 0.15) is 103 Å². The molecule has 0 bridgehead atoms. The predicted molar refractivity (Wildman–Crippen MR) is 162 cm³/mol. The number of rotatable bonds is 8. The summed E-state index contributed by atoms with van der Waals surface area (Å²) in [7, 11) is 0. The van der Waals surface area contributed by atoms with Crippen LogP contribution in [0.3, 0.4) is 0 Å². The normalized spacial score (nSPS) is 38.2. The van der Waals surface area contributed by atoms with E-state index in [4.69, 9.17) is 14.2 Å². The van der Waals surface area contributed by atoms with E-state index in [0.717, 1.165) is 32.1 Å². The van der Waals surface area contributed by atoms with Gasteiger partial charge in [-0.15, -0.1) is 0 Å². The number of carbonyl (C=O) groups excluding carboxylic acids is 5. The molecule has 5 rings (SSSR count). The minimum Gasteiger partial charge on any atom is -0.463 e. The Bertz CT molecular complexity index is 1290. The van der Waals surface area contributed by atoms with E-state index in [1.807, 2.05) is 13.0 Å². The number of esters is 3. The Labute approximate surface area is 261 Å². The third-order valence-electron chi connectivity index (χ3n) is 12.2. The lowest BCUT2D eigenvalue weighted by Gasteiger charge is -2.64. The molecular formula is C36H48O8. The molecule has 11 atom stereocenters. The van der Waals surface area contributed by atoms with Gasteiger partial charge in [0.15, 0.2) is 0 Å². The first kappa shape index (κ1) is 32.4. The van der Waals surface area contributed by atoms with Crippen molar-refractivity contribution in [2.24, 2.45) is 46.3 Å². The first-order valence-electron chi connectivity index (χ1n) is 16.4. The molecule has 11 unspecified atom stereocenters. The lowest BCUT2D eigenvalue weighted by atomic mass is 9.43. The van der Waals surface area contributed by atoms with Gasteiger partial charge in [0.25, 0.3) is 0 Å². The van der Waals surface area contributed by atoms with Gasteiger partial charge in [0.05, 0.1) is 0 Å². The molecule has 240 valence electrons. The Hall–Kier alpha value is -3.03. The van der Waals surface area contributed by atoms with Gasteiger partial charge >= 0.3 is 17.9 Å². The van der Waals surface area contributed by atoms with Gasteiger partial charge < -0.3 is 14.2 Å². The molecule has 0 amide bonds. The molecule has 0 spiro atoms. The van der Waals surface area contributed by atoms with Crippen LogP contribution in [0.15, 0.2) is 30.3 Å². The fraction of sp³-hybridized carbons (Fsp3) is 0.694. The van der Waals surface area contributed by atoms with Gasteiger partial charge in [-0.05, 0) is 80.0 Å². The minimum atomic E-state index is -0.470. The summed E-state index contributed by atoms with van der Waals surface area (Å²) >= 11 is 0. The van der Waals surface area contributed by atoms with Crippen LogP contribution < -0.4 is 0 Å². The first-order valence-corrected chi connectivity index (χ1v) is 16.4. The van der Waals surface area contributed by atoms with Gasteiger partial charge in [0.1, 0.15) is 18.3 Å². The van der Waals surface area contributed by atoms with Crippen LogP contribution in [0, 0.1) is 46.3 Å². The lowest BCUT2D eigenvalue weighted by Crippen LogP contribution is -2.63. The van der Waals surface area contributed by atoms with Crippen LogP contribution in [-0.4, -0.2) is 47.8 Å². The van der Waals surface area contributed by atoms with Crippen molar-refractivity contribution >= 4 is 29.5 Å². The summed E-state index contributed by atoms with van der Waals surface area (Å²) in [5, 5.41) is 0. The quantitative estimate of drug-likeness (QED) is 0.150. The van der Waals surface area contributed by atoms with Crippen molar-refractivity contribution in [2.75, 3.05) is 0 Å². The molecule has 0 aromatic heterocycles. The minimum absolute atomic E-state index is 0.0496. The molecule has 0 N–H and O–H groups in total. The Morgan fingerprint density at radius 1 is 0.818 bits per heavy atom. The molecule has 0 heterocycles. The summed E-state index contributed by atoms with van der Waals surface area (Å²) in [6.45, 7) is 10.9.